The van der Waals surface area contributed by atoms with Crippen LogP contribution < -0.4 is 14.9 Å². The molecule has 1 aliphatic carbocycles. The fraction of sp³-hybridized carbons (Fsp3) is 0.263. The molecule has 2 aromatic rings. The first-order chi connectivity index (χ1) is 12.5. The van der Waals surface area contributed by atoms with Crippen molar-refractivity contribution in [3.63, 3.8) is 0 Å². The summed E-state index contributed by atoms with van der Waals surface area (Å²) >= 11 is 0. The number of nitrogens with zero attached hydrogens (tertiary/aromatic N) is 1. The smallest absolute Gasteiger partial charge is 0.277 e. The molecule has 1 aliphatic rings. The van der Waals surface area contributed by atoms with Gasteiger partial charge in [-0.05, 0) is 36.6 Å². The molecule has 2 N–H and O–H groups in total. The van der Waals surface area contributed by atoms with E-state index in [2.05, 4.69) is 10.5 Å². The Morgan fingerprint density at radius 1 is 1.31 bits per heavy atom. The van der Waals surface area contributed by atoms with Crippen LogP contribution in [0.25, 0.3) is 0 Å². The Morgan fingerprint density at radius 2 is 2.04 bits per heavy atom. The zero-order valence-electron chi connectivity index (χ0n) is 14.5. The number of fused-ring (bicyclic) bond motifs is 1. The average Bonchev–Trinajstić information content (AvgIpc) is 2.99. The van der Waals surface area contributed by atoms with Gasteiger partial charge < -0.3 is 14.6 Å². The van der Waals surface area contributed by atoms with E-state index in [-0.39, 0.29) is 24.1 Å². The lowest BCUT2D eigenvalue weighted by atomic mass is 10.0. The number of phenolic OH excluding ortho intramolecular Hbond substituents is 1. The zero-order chi connectivity index (χ0) is 18.7. The van der Waals surface area contributed by atoms with Crippen LogP contribution >= 0.6 is 0 Å². The number of carbonyl (C=O) groups is 1. The Balaban J connectivity index is 1.68. The number of carbonyl (C=O) groups excluding carboxylic acids is 1. The molecule has 3 rings (SSSR count). The number of nitrogens with one attached hydrogen (secondary N) is 1. The molecule has 0 aliphatic heterocycles. The van der Waals surface area contributed by atoms with E-state index in [4.69, 9.17) is 9.47 Å². The Hall–Kier alpha value is -3.09. The first kappa shape index (κ1) is 17.7. The van der Waals surface area contributed by atoms with Crippen LogP contribution in [-0.2, 0) is 4.79 Å². The Bertz CT molecular complexity index is 867. The van der Waals surface area contributed by atoms with E-state index in [1.54, 1.807) is 24.3 Å². The molecule has 0 saturated carbocycles. The molecule has 0 heterocycles. The maximum absolute atomic E-state index is 14.0. The molecule has 7 heteroatoms. The number of methoxy groups -OCH3 is 1. The fourth-order valence-corrected chi connectivity index (χ4v) is 3.01. The molecule has 6 nitrogen and oxygen atoms in total. The number of hydrogen-bond acceptors (Lipinski definition) is 5. The van der Waals surface area contributed by atoms with Crippen molar-refractivity contribution >= 4 is 11.6 Å². The molecule has 0 fully saturated rings. The summed E-state index contributed by atoms with van der Waals surface area (Å²) in [5, 5.41) is 14.1. The van der Waals surface area contributed by atoms with Crippen LogP contribution in [-0.4, -0.2) is 30.4 Å². The normalized spacial score (nSPS) is 17.0. The van der Waals surface area contributed by atoms with Crippen molar-refractivity contribution in [3.8, 4) is 17.2 Å². The number of hydrogen-bond donors (Lipinski definition) is 2. The van der Waals surface area contributed by atoms with Crippen LogP contribution in [0, 0.1) is 5.82 Å². The van der Waals surface area contributed by atoms with Gasteiger partial charge in [0.1, 0.15) is 11.6 Å². The second-order valence-corrected chi connectivity index (χ2v) is 5.99. The Kier molecular flexibility index (Phi) is 5.06. The highest BCUT2D eigenvalue weighted by Crippen LogP contribution is 2.39. The topological polar surface area (TPSA) is 80.2 Å². The molecule has 0 bridgehead atoms. The predicted molar refractivity (Wildman–Crippen MR) is 94.3 cm³/mol. The molecule has 1 amide bonds. The van der Waals surface area contributed by atoms with Gasteiger partial charge in [0.2, 0.25) is 0 Å². The quantitative estimate of drug-likeness (QED) is 0.806. The minimum atomic E-state index is -0.472. The van der Waals surface area contributed by atoms with Crippen molar-refractivity contribution in [2.24, 2.45) is 5.10 Å². The number of rotatable bonds is 5. The van der Waals surface area contributed by atoms with Crippen molar-refractivity contribution in [3.05, 3.63) is 53.3 Å². The molecule has 2 aromatic carbocycles. The standard InChI is InChI=1S/C19H19FN2O4/c1-11-9-13(19-14(23)8-7-12(20)18(11)19)21-22-17(24)10-26-16-6-4-3-5-15(16)25-2/h3-8,11,23H,9-10H2,1-2H3,(H,22,24)/b21-13+/t11-/m0/s1. The summed E-state index contributed by atoms with van der Waals surface area (Å²) < 4.78 is 24.6. The number of phenols is 1. The van der Waals surface area contributed by atoms with Gasteiger partial charge in [-0.2, -0.15) is 5.10 Å². The van der Waals surface area contributed by atoms with E-state index in [9.17, 15) is 14.3 Å². The summed E-state index contributed by atoms with van der Waals surface area (Å²) in [7, 11) is 1.51. The van der Waals surface area contributed by atoms with E-state index in [0.29, 0.717) is 34.8 Å². The molecule has 1 atom stereocenters. The van der Waals surface area contributed by atoms with E-state index >= 15 is 0 Å². The number of benzene rings is 2. The second-order valence-electron chi connectivity index (χ2n) is 5.99. The second kappa shape index (κ2) is 7.43. The number of aromatic hydroxyl groups is 1. The molecule has 26 heavy (non-hydrogen) atoms. The van der Waals surface area contributed by atoms with Gasteiger partial charge in [-0.1, -0.05) is 19.1 Å². The maximum atomic E-state index is 14.0. The van der Waals surface area contributed by atoms with Crippen LogP contribution in [0.3, 0.4) is 0 Å². The van der Waals surface area contributed by atoms with Gasteiger partial charge in [-0.3, -0.25) is 4.79 Å². The minimum absolute atomic E-state index is 0.0518. The number of halogens is 1. The highest BCUT2D eigenvalue weighted by atomic mass is 19.1. The summed E-state index contributed by atoms with van der Waals surface area (Å²) in [5.41, 5.74) is 3.60. The Morgan fingerprint density at radius 3 is 2.77 bits per heavy atom. The molecular formula is C19H19FN2O4. The molecular weight excluding hydrogens is 339 g/mol. The third-order valence-electron chi connectivity index (χ3n) is 4.19. The Labute approximate surface area is 150 Å². The van der Waals surface area contributed by atoms with Crippen LogP contribution in [0.5, 0.6) is 17.2 Å². The number of ether oxygens (including phenoxy) is 2. The van der Waals surface area contributed by atoms with Crippen molar-refractivity contribution in [1.82, 2.24) is 5.43 Å². The van der Waals surface area contributed by atoms with E-state index in [0.717, 1.165) is 0 Å². The highest BCUT2D eigenvalue weighted by molar-refractivity contribution is 6.07. The van der Waals surface area contributed by atoms with Crippen molar-refractivity contribution < 1.29 is 23.8 Å². The largest absolute Gasteiger partial charge is 0.507 e. The van der Waals surface area contributed by atoms with Crippen LogP contribution in [0.1, 0.15) is 30.4 Å². The third-order valence-corrected chi connectivity index (χ3v) is 4.19. The molecule has 0 radical (unpaired) electrons. The van der Waals surface area contributed by atoms with Crippen molar-refractivity contribution in [1.29, 1.82) is 0 Å². The summed E-state index contributed by atoms with van der Waals surface area (Å²) in [6.45, 7) is 1.59. The van der Waals surface area contributed by atoms with Gasteiger partial charge in [-0.25, -0.2) is 9.82 Å². The van der Waals surface area contributed by atoms with E-state index in [1.165, 1.54) is 19.2 Å². The van der Waals surface area contributed by atoms with Crippen molar-refractivity contribution in [2.75, 3.05) is 13.7 Å². The first-order valence-electron chi connectivity index (χ1n) is 8.14. The monoisotopic (exact) mass is 358 g/mol. The molecule has 0 saturated heterocycles. The number of para-hydroxylation sites is 2. The summed E-state index contributed by atoms with van der Waals surface area (Å²) in [4.78, 5) is 12.0. The summed E-state index contributed by atoms with van der Waals surface area (Å²) in [5.74, 6) is -0.0775. The number of hydrazone groups is 1. The third kappa shape index (κ3) is 3.46. The van der Waals surface area contributed by atoms with E-state index in [1.807, 2.05) is 6.92 Å². The van der Waals surface area contributed by atoms with Gasteiger partial charge in [0.05, 0.1) is 12.8 Å². The maximum Gasteiger partial charge on any atom is 0.277 e. The molecule has 0 aromatic heterocycles. The van der Waals surface area contributed by atoms with Gasteiger partial charge in [0, 0.05) is 11.1 Å². The van der Waals surface area contributed by atoms with Gasteiger partial charge in [0.25, 0.3) is 5.91 Å². The summed E-state index contributed by atoms with van der Waals surface area (Å²) in [6, 6.07) is 9.49. The van der Waals surface area contributed by atoms with E-state index < -0.39 is 5.91 Å². The number of amides is 1. The predicted octanol–water partition coefficient (Wildman–Crippen LogP) is 2.95. The van der Waals surface area contributed by atoms with Gasteiger partial charge in [-0.15, -0.1) is 0 Å². The lowest BCUT2D eigenvalue weighted by molar-refractivity contribution is -0.123. The molecule has 136 valence electrons. The van der Waals surface area contributed by atoms with Gasteiger partial charge in [0.15, 0.2) is 18.1 Å². The lowest BCUT2D eigenvalue weighted by Crippen LogP contribution is -2.25. The highest BCUT2D eigenvalue weighted by Gasteiger charge is 2.30. The SMILES string of the molecule is COc1ccccc1OCC(=O)N/N=C1\C[C@H](C)c2c(F)ccc(O)c21. The molecule has 0 unspecified atom stereocenters. The van der Waals surface area contributed by atoms with Crippen LogP contribution in [0.2, 0.25) is 0 Å². The van der Waals surface area contributed by atoms with Crippen molar-refractivity contribution in [2.45, 2.75) is 19.3 Å². The minimum Gasteiger partial charge on any atom is -0.507 e. The van der Waals surface area contributed by atoms with Gasteiger partial charge >= 0.3 is 0 Å². The average molecular weight is 358 g/mol. The van der Waals surface area contributed by atoms with Crippen LogP contribution in [0.15, 0.2) is 41.5 Å². The molecule has 0 spiro atoms. The fourth-order valence-electron chi connectivity index (χ4n) is 3.01. The summed E-state index contributed by atoms with van der Waals surface area (Å²) in [6.07, 6.45) is 0.428. The lowest BCUT2D eigenvalue weighted by Gasteiger charge is -2.09. The zero-order valence-corrected chi connectivity index (χ0v) is 14.5. The first-order valence-corrected chi connectivity index (χ1v) is 8.14. The van der Waals surface area contributed by atoms with Crippen LogP contribution in [0.4, 0.5) is 4.39 Å².